The summed E-state index contributed by atoms with van der Waals surface area (Å²) in [7, 11) is 0. The van der Waals surface area contributed by atoms with Gasteiger partial charge in [-0.15, -0.1) is 0 Å². The highest BCUT2D eigenvalue weighted by atomic mass is 14.6. The maximum absolute atomic E-state index is 2.58. The third-order valence-electron chi connectivity index (χ3n) is 5.92. The largest absolute Gasteiger partial charge is 0.0654 e. The molecule has 0 nitrogen and oxygen atoms in total. The van der Waals surface area contributed by atoms with E-state index in [9.17, 15) is 0 Å². The molecule has 4 aliphatic carbocycles. The highest BCUT2D eigenvalue weighted by molar-refractivity contribution is 5.02. The highest BCUT2D eigenvalue weighted by Gasteiger charge is 2.52. The van der Waals surface area contributed by atoms with Crippen molar-refractivity contribution >= 4 is 0 Å². The van der Waals surface area contributed by atoms with Crippen molar-refractivity contribution in [3.63, 3.8) is 0 Å². The molecule has 4 bridgehead atoms. The van der Waals surface area contributed by atoms with Gasteiger partial charge in [-0.25, -0.2) is 0 Å². The fraction of sp³-hybridized carbons (Fsp3) is 1.00. The van der Waals surface area contributed by atoms with Crippen molar-refractivity contribution in [3.8, 4) is 0 Å². The smallest absolute Gasteiger partial charge is 0.0318 e. The van der Waals surface area contributed by atoms with Gasteiger partial charge in [0.05, 0.1) is 0 Å². The lowest BCUT2D eigenvalue weighted by Gasteiger charge is -2.59. The summed E-state index contributed by atoms with van der Waals surface area (Å²) in [5.41, 5.74) is 0.776. The monoisotopic (exact) mass is 220 g/mol. The summed E-state index contributed by atoms with van der Waals surface area (Å²) in [5, 5.41) is 0. The first-order valence-corrected chi connectivity index (χ1v) is 7.70. The van der Waals surface area contributed by atoms with Crippen molar-refractivity contribution in [3.05, 3.63) is 0 Å². The van der Waals surface area contributed by atoms with Crippen LogP contribution in [0.25, 0.3) is 0 Å². The Bertz CT molecular complexity index is 239. The Hall–Kier alpha value is 0. The second-order valence-corrected chi connectivity index (χ2v) is 7.44. The third kappa shape index (κ3) is 1.83. The molecule has 4 rings (SSSR count). The molecule has 4 saturated carbocycles. The highest BCUT2D eigenvalue weighted by Crippen LogP contribution is 2.62. The van der Waals surface area contributed by atoms with E-state index in [1.165, 1.54) is 19.3 Å². The molecule has 0 heteroatoms. The number of unbranched alkanes of at least 4 members (excludes halogenated alkanes) is 2. The Balaban J connectivity index is 1.65. The summed E-state index contributed by atoms with van der Waals surface area (Å²) < 4.78 is 0. The summed E-state index contributed by atoms with van der Waals surface area (Å²) in [5.74, 6) is 4.53. The molecule has 16 heavy (non-hydrogen) atoms. The van der Waals surface area contributed by atoms with Crippen molar-refractivity contribution in [1.82, 2.24) is 0 Å². The van der Waals surface area contributed by atoms with Crippen LogP contribution in [0.3, 0.4) is 0 Å². The summed E-state index contributed by atoms with van der Waals surface area (Å²) in [4.78, 5) is 0. The fourth-order valence-corrected chi connectivity index (χ4v) is 5.64. The van der Waals surface area contributed by atoms with Crippen LogP contribution < -0.4 is 0 Å². The zero-order valence-corrected chi connectivity index (χ0v) is 11.2. The zero-order chi connectivity index (χ0) is 11.2. The maximum atomic E-state index is 2.58. The van der Waals surface area contributed by atoms with Crippen molar-refractivity contribution in [2.75, 3.05) is 0 Å². The van der Waals surface area contributed by atoms with E-state index in [1.807, 2.05) is 0 Å². The summed E-state index contributed by atoms with van der Waals surface area (Å²) >= 11 is 0. The van der Waals surface area contributed by atoms with Gasteiger partial charge in [-0.1, -0.05) is 33.1 Å². The molecular formula is C16H28. The molecule has 0 aromatic heterocycles. The lowest BCUT2D eigenvalue weighted by molar-refractivity contribution is -0.0888. The van der Waals surface area contributed by atoms with Gasteiger partial charge in [0, 0.05) is 0 Å². The molecule has 4 fully saturated rings. The summed E-state index contributed by atoms with van der Waals surface area (Å²) in [6.45, 7) is 4.92. The van der Waals surface area contributed by atoms with E-state index in [1.54, 1.807) is 38.5 Å². The van der Waals surface area contributed by atoms with Gasteiger partial charge < -0.3 is 0 Å². The fourth-order valence-electron chi connectivity index (χ4n) is 5.64. The molecule has 4 aliphatic rings. The second kappa shape index (κ2) is 4.03. The van der Waals surface area contributed by atoms with Crippen molar-refractivity contribution in [2.45, 2.75) is 71.6 Å². The molecule has 0 amide bonds. The molecule has 0 aromatic carbocycles. The average molecular weight is 220 g/mol. The van der Waals surface area contributed by atoms with E-state index in [4.69, 9.17) is 0 Å². The van der Waals surface area contributed by atoms with Gasteiger partial charge in [0.1, 0.15) is 0 Å². The third-order valence-corrected chi connectivity index (χ3v) is 5.92. The average Bonchev–Trinajstić information content (AvgIpc) is 2.20. The van der Waals surface area contributed by atoms with Crippen molar-refractivity contribution in [1.29, 1.82) is 0 Å². The van der Waals surface area contributed by atoms with Crippen LogP contribution in [0.15, 0.2) is 0 Å². The SMILES string of the molecule is CCCCCC1C2CC3CC1CC(C)(C3)C2. The van der Waals surface area contributed by atoms with Gasteiger partial charge in [0.2, 0.25) is 0 Å². The molecule has 2 unspecified atom stereocenters. The first-order valence-electron chi connectivity index (χ1n) is 7.70. The number of rotatable bonds is 4. The van der Waals surface area contributed by atoms with E-state index in [2.05, 4.69) is 13.8 Å². The molecule has 0 aliphatic heterocycles. The Morgan fingerprint density at radius 2 is 1.69 bits per heavy atom. The van der Waals surface area contributed by atoms with Crippen molar-refractivity contribution in [2.24, 2.45) is 29.1 Å². The molecular weight excluding hydrogens is 192 g/mol. The van der Waals surface area contributed by atoms with Gasteiger partial charge in [-0.2, -0.15) is 0 Å². The molecule has 0 heterocycles. The number of hydrogen-bond acceptors (Lipinski definition) is 0. The lowest BCUT2D eigenvalue weighted by Crippen LogP contribution is -2.49. The molecule has 2 atom stereocenters. The molecule has 0 spiro atoms. The Kier molecular flexibility index (Phi) is 2.80. The van der Waals surface area contributed by atoms with Gasteiger partial charge in [0.15, 0.2) is 0 Å². The van der Waals surface area contributed by atoms with Gasteiger partial charge in [0.25, 0.3) is 0 Å². The Labute approximate surface area is 101 Å². The summed E-state index contributed by atoms with van der Waals surface area (Å²) in [6, 6.07) is 0. The van der Waals surface area contributed by atoms with Crippen LogP contribution in [0.1, 0.15) is 71.6 Å². The van der Waals surface area contributed by atoms with Crippen LogP contribution in [-0.2, 0) is 0 Å². The summed E-state index contributed by atoms with van der Waals surface area (Å²) in [6.07, 6.45) is 13.9. The van der Waals surface area contributed by atoms with Crippen LogP contribution in [0.5, 0.6) is 0 Å². The minimum absolute atomic E-state index is 0.776. The molecule has 0 radical (unpaired) electrons. The lowest BCUT2D eigenvalue weighted by atomic mass is 9.46. The zero-order valence-electron chi connectivity index (χ0n) is 11.2. The van der Waals surface area contributed by atoms with Gasteiger partial charge in [-0.05, 0) is 67.6 Å². The molecule has 0 aromatic rings. The van der Waals surface area contributed by atoms with Crippen LogP contribution in [0, 0.1) is 29.1 Å². The van der Waals surface area contributed by atoms with E-state index >= 15 is 0 Å². The molecule has 0 N–H and O–H groups in total. The quantitative estimate of drug-likeness (QED) is 0.583. The topological polar surface area (TPSA) is 0 Å². The first kappa shape index (κ1) is 11.1. The van der Waals surface area contributed by atoms with E-state index < -0.39 is 0 Å². The molecule has 0 saturated heterocycles. The predicted molar refractivity (Wildman–Crippen MR) is 69.3 cm³/mol. The van der Waals surface area contributed by atoms with E-state index in [0.29, 0.717) is 0 Å². The second-order valence-electron chi connectivity index (χ2n) is 7.44. The first-order chi connectivity index (χ1) is 7.70. The van der Waals surface area contributed by atoms with E-state index in [-0.39, 0.29) is 0 Å². The normalized spacial score (nSPS) is 49.9. The van der Waals surface area contributed by atoms with Crippen LogP contribution in [0.2, 0.25) is 0 Å². The molecule has 92 valence electrons. The standard InChI is InChI=1S/C16H28/c1-3-4-5-6-15-13-7-12-8-14(15)11-16(2,9-12)10-13/h12-15H,3-11H2,1-2H3. The van der Waals surface area contributed by atoms with Crippen LogP contribution >= 0.6 is 0 Å². The maximum Gasteiger partial charge on any atom is -0.0318 e. The minimum Gasteiger partial charge on any atom is -0.0654 e. The number of hydrogen-bond donors (Lipinski definition) is 0. The Morgan fingerprint density at radius 1 is 1.00 bits per heavy atom. The van der Waals surface area contributed by atoms with Gasteiger partial charge in [-0.3, -0.25) is 0 Å². The van der Waals surface area contributed by atoms with E-state index in [0.717, 1.165) is 29.1 Å². The Morgan fingerprint density at radius 3 is 2.25 bits per heavy atom. The predicted octanol–water partition coefficient (Wildman–Crippen LogP) is 5.03. The minimum atomic E-state index is 0.776. The van der Waals surface area contributed by atoms with Crippen LogP contribution in [0.4, 0.5) is 0 Å². The van der Waals surface area contributed by atoms with Crippen LogP contribution in [-0.4, -0.2) is 0 Å². The van der Waals surface area contributed by atoms with Crippen molar-refractivity contribution < 1.29 is 0 Å². The van der Waals surface area contributed by atoms with Gasteiger partial charge >= 0.3 is 0 Å².